The molecule has 2 N–H and O–H groups in total. The molecule has 0 amide bonds. The maximum Gasteiger partial charge on any atom is 0.120 e. The summed E-state index contributed by atoms with van der Waals surface area (Å²) in [4.78, 5) is 0. The Morgan fingerprint density at radius 3 is 2.15 bits per heavy atom. The summed E-state index contributed by atoms with van der Waals surface area (Å²) in [5.74, 6) is 0.843. The minimum absolute atomic E-state index is 0.817. The highest BCUT2D eigenvalue weighted by molar-refractivity contribution is 6.01. The van der Waals surface area contributed by atoms with Gasteiger partial charge in [-0.25, -0.2) is 0 Å². The molecule has 0 spiro atoms. The Bertz CT molecular complexity index is 1050. The predicted molar refractivity (Wildman–Crippen MR) is 109 cm³/mol. The number of nitrogens with zero attached hydrogens (tertiary/aromatic N) is 1. The fourth-order valence-corrected chi connectivity index (χ4v) is 3.57. The number of aryl methyl sites for hydroxylation is 1. The number of nitrogen functional groups attached to an aromatic ring is 1. The van der Waals surface area contributed by atoms with E-state index >= 15 is 0 Å². The second-order valence-electron chi connectivity index (χ2n) is 6.33. The van der Waals surface area contributed by atoms with Crippen molar-refractivity contribution < 1.29 is 4.74 Å². The number of aromatic nitrogens is 1. The Morgan fingerprint density at radius 1 is 0.846 bits per heavy atom. The molecule has 1 heterocycles. The lowest BCUT2D eigenvalue weighted by Crippen LogP contribution is -1.98. The molecule has 0 aliphatic carbocycles. The number of hydrogen-bond acceptors (Lipinski definition) is 2. The third-order valence-corrected chi connectivity index (χ3v) is 4.89. The van der Waals surface area contributed by atoms with Gasteiger partial charge in [-0.1, -0.05) is 54.6 Å². The smallest absolute Gasteiger partial charge is 0.120 e. The van der Waals surface area contributed by atoms with Crippen LogP contribution in [0.1, 0.15) is 6.92 Å². The van der Waals surface area contributed by atoms with Crippen LogP contribution in [-0.2, 0) is 6.54 Å². The van der Waals surface area contributed by atoms with Crippen LogP contribution in [0.4, 0.5) is 5.69 Å². The van der Waals surface area contributed by atoms with E-state index in [1.165, 1.54) is 11.1 Å². The van der Waals surface area contributed by atoms with E-state index in [-0.39, 0.29) is 0 Å². The van der Waals surface area contributed by atoms with Crippen molar-refractivity contribution in [3.63, 3.8) is 0 Å². The number of rotatable bonds is 4. The second-order valence-corrected chi connectivity index (χ2v) is 6.33. The van der Waals surface area contributed by atoms with E-state index < -0.39 is 0 Å². The zero-order chi connectivity index (χ0) is 18.1. The Hall–Kier alpha value is -3.20. The first-order chi connectivity index (χ1) is 12.7. The van der Waals surface area contributed by atoms with Crippen molar-refractivity contribution in [3.05, 3.63) is 72.8 Å². The summed E-state index contributed by atoms with van der Waals surface area (Å²) >= 11 is 0. The van der Waals surface area contributed by atoms with Crippen molar-refractivity contribution in [2.75, 3.05) is 12.8 Å². The first-order valence-electron chi connectivity index (χ1n) is 8.84. The van der Waals surface area contributed by atoms with Crippen LogP contribution in [0.2, 0.25) is 0 Å². The van der Waals surface area contributed by atoms with Gasteiger partial charge in [0.05, 0.1) is 24.0 Å². The zero-order valence-corrected chi connectivity index (χ0v) is 15.1. The summed E-state index contributed by atoms with van der Waals surface area (Å²) in [6.45, 7) is 2.98. The van der Waals surface area contributed by atoms with Crippen LogP contribution in [-0.4, -0.2) is 11.7 Å². The number of hydrogen-bond donors (Lipinski definition) is 1. The number of benzene rings is 3. The number of methoxy groups -OCH3 is 1. The van der Waals surface area contributed by atoms with Gasteiger partial charge < -0.3 is 15.0 Å². The third-order valence-electron chi connectivity index (χ3n) is 4.89. The molecule has 3 nitrogen and oxygen atoms in total. The molecule has 0 aliphatic heterocycles. The van der Waals surface area contributed by atoms with Crippen LogP contribution >= 0.6 is 0 Å². The van der Waals surface area contributed by atoms with E-state index in [1.807, 2.05) is 18.2 Å². The molecule has 26 heavy (non-hydrogen) atoms. The summed E-state index contributed by atoms with van der Waals surface area (Å²) in [6.07, 6.45) is 0. The van der Waals surface area contributed by atoms with Gasteiger partial charge in [0.25, 0.3) is 0 Å². The second kappa shape index (κ2) is 6.60. The molecular weight excluding hydrogens is 320 g/mol. The molecule has 3 aromatic carbocycles. The van der Waals surface area contributed by atoms with Gasteiger partial charge in [0.2, 0.25) is 0 Å². The highest BCUT2D eigenvalue weighted by Gasteiger charge is 2.16. The maximum atomic E-state index is 6.53. The molecule has 0 fully saturated rings. The molecule has 4 aromatic rings. The molecule has 0 unspecified atom stereocenters. The normalized spacial score (nSPS) is 11.0. The van der Waals surface area contributed by atoms with Crippen LogP contribution in [0.5, 0.6) is 5.75 Å². The fraction of sp³-hybridized carbons (Fsp3) is 0.130. The molecule has 130 valence electrons. The molecule has 0 radical (unpaired) electrons. The summed E-state index contributed by atoms with van der Waals surface area (Å²) in [6, 6.07) is 25.1. The van der Waals surface area contributed by atoms with E-state index in [1.54, 1.807) is 7.11 Å². The maximum absolute atomic E-state index is 6.53. The van der Waals surface area contributed by atoms with Crippen molar-refractivity contribution in [1.29, 1.82) is 0 Å². The minimum atomic E-state index is 0.817. The number of fused-ring (bicyclic) bond motifs is 1. The van der Waals surface area contributed by atoms with Crippen LogP contribution in [0.25, 0.3) is 33.3 Å². The van der Waals surface area contributed by atoms with E-state index in [0.717, 1.165) is 40.1 Å². The molecular formula is C23H22N2O. The SMILES string of the molecule is CCn1c(-c2ccc(-c3ccccc3)cc2)c(N)c2ccc(OC)cc21. The van der Waals surface area contributed by atoms with Crippen molar-refractivity contribution in [1.82, 2.24) is 4.57 Å². The molecule has 0 saturated carbocycles. The van der Waals surface area contributed by atoms with Crippen molar-refractivity contribution in [2.24, 2.45) is 0 Å². The van der Waals surface area contributed by atoms with E-state index in [2.05, 4.69) is 66.1 Å². The fourth-order valence-electron chi connectivity index (χ4n) is 3.57. The Balaban J connectivity index is 1.85. The largest absolute Gasteiger partial charge is 0.497 e. The summed E-state index contributed by atoms with van der Waals surface area (Å²) in [5, 5.41) is 1.06. The van der Waals surface area contributed by atoms with Crippen molar-refractivity contribution in [2.45, 2.75) is 13.5 Å². The Labute approximate surface area is 153 Å². The highest BCUT2D eigenvalue weighted by Crippen LogP contribution is 2.38. The first-order valence-corrected chi connectivity index (χ1v) is 8.84. The average Bonchev–Trinajstić information content (AvgIpc) is 2.99. The van der Waals surface area contributed by atoms with E-state index in [0.29, 0.717) is 0 Å². The third kappa shape index (κ3) is 2.62. The van der Waals surface area contributed by atoms with Gasteiger partial charge in [-0.3, -0.25) is 0 Å². The van der Waals surface area contributed by atoms with Crippen molar-refractivity contribution >= 4 is 16.6 Å². The Morgan fingerprint density at radius 2 is 1.50 bits per heavy atom. The van der Waals surface area contributed by atoms with Gasteiger partial charge in [-0.05, 0) is 30.2 Å². The number of ether oxygens (including phenoxy) is 1. The summed E-state index contributed by atoms with van der Waals surface area (Å²) < 4.78 is 7.64. The van der Waals surface area contributed by atoms with Crippen molar-refractivity contribution in [3.8, 4) is 28.1 Å². The van der Waals surface area contributed by atoms with Gasteiger partial charge in [0.1, 0.15) is 5.75 Å². The molecule has 1 aromatic heterocycles. The van der Waals surface area contributed by atoms with Gasteiger partial charge in [0, 0.05) is 23.6 Å². The average molecular weight is 342 g/mol. The van der Waals surface area contributed by atoms with Gasteiger partial charge in [0.15, 0.2) is 0 Å². The van der Waals surface area contributed by atoms with Gasteiger partial charge in [-0.2, -0.15) is 0 Å². The molecule has 0 atom stereocenters. The quantitative estimate of drug-likeness (QED) is 0.525. The van der Waals surface area contributed by atoms with Crippen LogP contribution < -0.4 is 10.5 Å². The lowest BCUT2D eigenvalue weighted by molar-refractivity contribution is 0.415. The summed E-state index contributed by atoms with van der Waals surface area (Å²) in [7, 11) is 1.69. The molecule has 0 saturated heterocycles. The van der Waals surface area contributed by atoms with Crippen LogP contribution in [0.15, 0.2) is 72.8 Å². The number of anilines is 1. The van der Waals surface area contributed by atoms with E-state index in [9.17, 15) is 0 Å². The Kier molecular flexibility index (Phi) is 4.13. The van der Waals surface area contributed by atoms with Gasteiger partial charge in [-0.15, -0.1) is 0 Å². The molecule has 3 heteroatoms. The predicted octanol–water partition coefficient (Wildman–Crippen LogP) is 5.59. The highest BCUT2D eigenvalue weighted by atomic mass is 16.5. The topological polar surface area (TPSA) is 40.2 Å². The van der Waals surface area contributed by atoms with Crippen LogP contribution in [0, 0.1) is 0 Å². The zero-order valence-electron chi connectivity index (χ0n) is 15.1. The lowest BCUT2D eigenvalue weighted by atomic mass is 10.0. The monoisotopic (exact) mass is 342 g/mol. The lowest BCUT2D eigenvalue weighted by Gasteiger charge is -2.10. The van der Waals surface area contributed by atoms with Crippen LogP contribution in [0.3, 0.4) is 0 Å². The first kappa shape index (κ1) is 16.3. The van der Waals surface area contributed by atoms with Gasteiger partial charge >= 0.3 is 0 Å². The van der Waals surface area contributed by atoms with E-state index in [4.69, 9.17) is 10.5 Å². The number of nitrogens with two attached hydrogens (primary N) is 1. The minimum Gasteiger partial charge on any atom is -0.497 e. The molecule has 0 bridgehead atoms. The molecule has 4 rings (SSSR count). The molecule has 0 aliphatic rings. The summed E-state index contributed by atoms with van der Waals surface area (Å²) in [5.41, 5.74) is 13.1. The standard InChI is InChI=1S/C23H22N2O/c1-3-25-21-15-19(26-2)13-14-20(21)22(24)23(25)18-11-9-17(10-12-18)16-7-5-4-6-8-16/h4-15H,3,24H2,1-2H3.